The molecule has 0 aromatic carbocycles. The predicted octanol–water partition coefficient (Wildman–Crippen LogP) is 1.89. The first-order valence-corrected chi connectivity index (χ1v) is 5.10. The summed E-state index contributed by atoms with van der Waals surface area (Å²) in [7, 11) is 7.04. The van der Waals surface area contributed by atoms with Gasteiger partial charge in [-0.3, -0.25) is 0 Å². The first kappa shape index (κ1) is 12.6. The average molecular weight is 243 g/mol. The molecule has 0 atom stereocenters. The number of rotatable bonds is 2. The second kappa shape index (κ2) is 5.03. The highest BCUT2D eigenvalue weighted by Crippen LogP contribution is 2.24. The molecule has 16 heavy (non-hydrogen) atoms. The Balaban J connectivity index is 2.85. The van der Waals surface area contributed by atoms with E-state index in [0.717, 1.165) is 0 Å². The quantitative estimate of drug-likeness (QED) is 0.862. The van der Waals surface area contributed by atoms with Crippen LogP contribution in [0.4, 0.5) is 16.3 Å². The maximum atomic E-state index is 11.4. The Morgan fingerprint density at radius 2 is 2.00 bits per heavy atom. The molecule has 0 spiro atoms. The lowest BCUT2D eigenvalue weighted by Crippen LogP contribution is -2.27. The number of hydrogen-bond acceptors (Lipinski definition) is 3. The fraction of sp³-hybridized carbons (Fsp3) is 0.400. The van der Waals surface area contributed by atoms with Crippen molar-refractivity contribution in [1.29, 1.82) is 0 Å². The third-order valence-electron chi connectivity index (χ3n) is 1.90. The Bertz CT molecular complexity index is 392. The lowest BCUT2D eigenvalue weighted by Gasteiger charge is -2.15. The summed E-state index contributed by atoms with van der Waals surface area (Å²) in [6, 6.07) is 1.46. The standard InChI is InChI=1S/C10H15ClN4O/c1-14(2)9-8(11)5-7(6-12-9)13-10(16)15(3)4/h5-6H,1-4H3,(H,13,16). The van der Waals surface area contributed by atoms with E-state index in [1.807, 2.05) is 14.1 Å². The highest BCUT2D eigenvalue weighted by molar-refractivity contribution is 6.33. The van der Waals surface area contributed by atoms with Gasteiger partial charge in [-0.25, -0.2) is 9.78 Å². The van der Waals surface area contributed by atoms with Crippen LogP contribution >= 0.6 is 11.6 Å². The van der Waals surface area contributed by atoms with Gasteiger partial charge in [0.2, 0.25) is 0 Å². The van der Waals surface area contributed by atoms with Gasteiger partial charge in [0.05, 0.1) is 16.9 Å². The van der Waals surface area contributed by atoms with Crippen LogP contribution in [0.15, 0.2) is 12.3 Å². The van der Waals surface area contributed by atoms with Crippen LogP contribution in [0.2, 0.25) is 5.02 Å². The molecule has 0 unspecified atom stereocenters. The molecule has 0 saturated heterocycles. The Morgan fingerprint density at radius 1 is 1.38 bits per heavy atom. The Hall–Kier alpha value is -1.49. The molecule has 0 aliphatic carbocycles. The number of hydrogen-bond donors (Lipinski definition) is 1. The maximum absolute atomic E-state index is 11.4. The molecule has 1 aromatic heterocycles. The summed E-state index contributed by atoms with van der Waals surface area (Å²) in [5.41, 5.74) is 0.578. The molecule has 6 heteroatoms. The van der Waals surface area contributed by atoms with Gasteiger partial charge in [-0.2, -0.15) is 0 Å². The highest BCUT2D eigenvalue weighted by atomic mass is 35.5. The van der Waals surface area contributed by atoms with Crippen molar-refractivity contribution in [3.05, 3.63) is 17.3 Å². The van der Waals surface area contributed by atoms with E-state index < -0.39 is 0 Å². The molecular weight excluding hydrogens is 228 g/mol. The van der Waals surface area contributed by atoms with E-state index in [1.165, 1.54) is 4.90 Å². The summed E-state index contributed by atoms with van der Waals surface area (Å²) in [5.74, 6) is 0.671. The molecule has 88 valence electrons. The molecule has 2 amide bonds. The topological polar surface area (TPSA) is 48.5 Å². The average Bonchev–Trinajstić information content (AvgIpc) is 2.16. The molecule has 1 heterocycles. The van der Waals surface area contributed by atoms with Crippen LogP contribution < -0.4 is 10.2 Å². The number of halogens is 1. The fourth-order valence-electron chi connectivity index (χ4n) is 1.06. The van der Waals surface area contributed by atoms with Crippen molar-refractivity contribution in [2.75, 3.05) is 38.4 Å². The van der Waals surface area contributed by atoms with Gasteiger partial charge in [-0.15, -0.1) is 0 Å². The van der Waals surface area contributed by atoms with Crippen LogP contribution in [0.5, 0.6) is 0 Å². The van der Waals surface area contributed by atoms with Gasteiger partial charge in [0.25, 0.3) is 0 Å². The summed E-state index contributed by atoms with van der Waals surface area (Å²) < 4.78 is 0. The smallest absolute Gasteiger partial charge is 0.321 e. The van der Waals surface area contributed by atoms with Gasteiger partial charge in [0, 0.05) is 28.2 Å². The lowest BCUT2D eigenvalue weighted by molar-refractivity contribution is 0.230. The first-order chi connectivity index (χ1) is 7.41. The number of nitrogens with one attached hydrogen (secondary N) is 1. The number of carbonyl (C=O) groups is 1. The Labute approximate surface area is 100 Å². The van der Waals surface area contributed by atoms with Crippen molar-refractivity contribution in [3.8, 4) is 0 Å². The van der Waals surface area contributed by atoms with E-state index in [-0.39, 0.29) is 6.03 Å². The van der Waals surface area contributed by atoms with Crippen molar-refractivity contribution < 1.29 is 4.79 Å². The molecule has 1 N–H and O–H groups in total. The van der Waals surface area contributed by atoms with Crippen LogP contribution in [0.1, 0.15) is 0 Å². The van der Waals surface area contributed by atoms with Gasteiger partial charge >= 0.3 is 6.03 Å². The van der Waals surface area contributed by atoms with Crippen molar-refractivity contribution >= 4 is 29.1 Å². The largest absolute Gasteiger partial charge is 0.362 e. The number of pyridine rings is 1. The monoisotopic (exact) mass is 242 g/mol. The van der Waals surface area contributed by atoms with Gasteiger partial charge < -0.3 is 15.1 Å². The first-order valence-electron chi connectivity index (χ1n) is 4.73. The van der Waals surface area contributed by atoms with Gasteiger partial charge in [-0.05, 0) is 6.07 Å². The maximum Gasteiger partial charge on any atom is 0.321 e. The molecule has 0 fully saturated rings. The van der Waals surface area contributed by atoms with Crippen molar-refractivity contribution in [3.63, 3.8) is 0 Å². The van der Waals surface area contributed by atoms with E-state index in [2.05, 4.69) is 10.3 Å². The zero-order chi connectivity index (χ0) is 12.3. The van der Waals surface area contributed by atoms with E-state index in [0.29, 0.717) is 16.5 Å². The van der Waals surface area contributed by atoms with E-state index in [9.17, 15) is 4.79 Å². The van der Waals surface area contributed by atoms with E-state index >= 15 is 0 Å². The second-order valence-electron chi connectivity index (χ2n) is 3.75. The molecule has 0 aliphatic heterocycles. The van der Waals surface area contributed by atoms with Crippen LogP contribution in [-0.2, 0) is 0 Å². The molecule has 5 nitrogen and oxygen atoms in total. The summed E-state index contributed by atoms with van der Waals surface area (Å²) in [4.78, 5) is 18.8. The summed E-state index contributed by atoms with van der Waals surface area (Å²) in [6.07, 6.45) is 1.57. The third-order valence-corrected chi connectivity index (χ3v) is 2.18. The molecule has 0 radical (unpaired) electrons. The predicted molar refractivity (Wildman–Crippen MR) is 66.3 cm³/mol. The number of carbonyl (C=O) groups excluding carboxylic acids is 1. The lowest BCUT2D eigenvalue weighted by atomic mass is 10.4. The minimum absolute atomic E-state index is 0.213. The van der Waals surface area contributed by atoms with E-state index in [4.69, 9.17) is 11.6 Å². The summed E-state index contributed by atoms with van der Waals surface area (Å²) in [6.45, 7) is 0. The normalized spacial score (nSPS) is 9.81. The molecule has 0 aliphatic rings. The van der Waals surface area contributed by atoms with Crippen molar-refractivity contribution in [2.45, 2.75) is 0 Å². The van der Waals surface area contributed by atoms with Crippen LogP contribution in [0.25, 0.3) is 0 Å². The molecular formula is C10H15ClN4O. The summed E-state index contributed by atoms with van der Waals surface area (Å²) in [5, 5.41) is 3.17. The Morgan fingerprint density at radius 3 is 2.44 bits per heavy atom. The van der Waals surface area contributed by atoms with Crippen molar-refractivity contribution in [2.24, 2.45) is 0 Å². The fourth-order valence-corrected chi connectivity index (χ4v) is 1.40. The molecule has 0 bridgehead atoms. The molecule has 1 aromatic rings. The van der Waals surface area contributed by atoms with Gasteiger partial charge in [0.1, 0.15) is 5.82 Å². The van der Waals surface area contributed by atoms with Crippen LogP contribution in [0, 0.1) is 0 Å². The summed E-state index contributed by atoms with van der Waals surface area (Å²) >= 11 is 6.02. The Kier molecular flexibility index (Phi) is 3.95. The number of amides is 2. The van der Waals surface area contributed by atoms with Crippen LogP contribution in [-0.4, -0.2) is 44.1 Å². The minimum Gasteiger partial charge on any atom is -0.362 e. The number of anilines is 2. The van der Waals surface area contributed by atoms with Gasteiger partial charge in [-0.1, -0.05) is 11.6 Å². The SMILES string of the molecule is CN(C)C(=O)Nc1cnc(N(C)C)c(Cl)c1. The van der Waals surface area contributed by atoms with Gasteiger partial charge in [0.15, 0.2) is 0 Å². The van der Waals surface area contributed by atoms with E-state index in [1.54, 1.807) is 31.3 Å². The minimum atomic E-state index is -0.213. The second-order valence-corrected chi connectivity index (χ2v) is 4.16. The number of nitrogens with zero attached hydrogens (tertiary/aromatic N) is 3. The number of aromatic nitrogens is 1. The van der Waals surface area contributed by atoms with Crippen molar-refractivity contribution in [1.82, 2.24) is 9.88 Å². The zero-order valence-corrected chi connectivity index (χ0v) is 10.5. The van der Waals surface area contributed by atoms with Crippen LogP contribution in [0.3, 0.4) is 0 Å². The third kappa shape index (κ3) is 3.00. The molecule has 1 rings (SSSR count). The zero-order valence-electron chi connectivity index (χ0n) is 9.78. The highest BCUT2D eigenvalue weighted by Gasteiger charge is 2.08. The number of urea groups is 1. The molecule has 0 saturated carbocycles.